The minimum Gasteiger partial charge on any atom is -0.466 e. The van der Waals surface area contributed by atoms with Crippen molar-refractivity contribution in [2.75, 3.05) is 27.2 Å². The van der Waals surface area contributed by atoms with Gasteiger partial charge in [-0.15, -0.1) is 0 Å². The van der Waals surface area contributed by atoms with Crippen LogP contribution in [-0.2, 0) is 9.53 Å². The van der Waals surface area contributed by atoms with Gasteiger partial charge in [0.15, 0.2) is 0 Å². The maximum atomic E-state index is 11.4. The van der Waals surface area contributed by atoms with Gasteiger partial charge in [0, 0.05) is 13.0 Å². The van der Waals surface area contributed by atoms with Gasteiger partial charge in [0.2, 0.25) is 0 Å². The van der Waals surface area contributed by atoms with Crippen molar-refractivity contribution in [2.24, 2.45) is 17.8 Å². The van der Waals surface area contributed by atoms with Crippen LogP contribution in [0.2, 0.25) is 0 Å². The third-order valence-electron chi connectivity index (χ3n) is 8.37. The minimum atomic E-state index is -0.0240. The van der Waals surface area contributed by atoms with E-state index in [0.29, 0.717) is 13.0 Å². The van der Waals surface area contributed by atoms with Crippen molar-refractivity contribution in [3.8, 4) is 0 Å². The van der Waals surface area contributed by atoms with Gasteiger partial charge in [-0.3, -0.25) is 4.79 Å². The lowest BCUT2D eigenvalue weighted by Gasteiger charge is -2.21. The van der Waals surface area contributed by atoms with Crippen molar-refractivity contribution >= 4 is 5.97 Å². The van der Waals surface area contributed by atoms with Gasteiger partial charge in [-0.25, -0.2) is 0 Å². The number of hydrogen-bond acceptors (Lipinski definition) is 3. The molecule has 0 aliphatic heterocycles. The summed E-state index contributed by atoms with van der Waals surface area (Å²) < 4.78 is 5.01. The molecule has 3 unspecified atom stereocenters. The van der Waals surface area contributed by atoms with Crippen molar-refractivity contribution in [2.45, 2.75) is 162 Å². The van der Waals surface area contributed by atoms with Crippen molar-refractivity contribution in [1.29, 1.82) is 0 Å². The quantitative estimate of drug-likeness (QED) is 0.0818. The van der Waals surface area contributed by atoms with Crippen LogP contribution in [0.15, 0.2) is 0 Å². The largest absolute Gasteiger partial charge is 0.466 e. The molecule has 0 heterocycles. The molecular weight excluding hydrogens is 442 g/mol. The van der Waals surface area contributed by atoms with Gasteiger partial charge in [-0.1, -0.05) is 129 Å². The van der Waals surface area contributed by atoms with Crippen molar-refractivity contribution in [1.82, 2.24) is 4.90 Å². The third-order valence-corrected chi connectivity index (χ3v) is 8.37. The van der Waals surface area contributed by atoms with E-state index in [4.69, 9.17) is 4.74 Å². The Morgan fingerprint density at radius 1 is 0.722 bits per heavy atom. The van der Waals surface area contributed by atoms with Crippen LogP contribution in [0.1, 0.15) is 162 Å². The second-order valence-corrected chi connectivity index (χ2v) is 12.2. The van der Waals surface area contributed by atoms with E-state index >= 15 is 0 Å². The monoisotopic (exact) mass is 508 g/mol. The van der Waals surface area contributed by atoms with Gasteiger partial charge < -0.3 is 9.64 Å². The van der Waals surface area contributed by atoms with Gasteiger partial charge in [0.25, 0.3) is 0 Å². The smallest absolute Gasteiger partial charge is 0.305 e. The number of nitrogens with zero attached hydrogens (tertiary/aromatic N) is 1. The highest BCUT2D eigenvalue weighted by Gasteiger charge is 2.41. The van der Waals surface area contributed by atoms with Crippen LogP contribution in [0.5, 0.6) is 0 Å². The first-order valence-electron chi connectivity index (χ1n) is 16.4. The Labute approximate surface area is 226 Å². The van der Waals surface area contributed by atoms with Gasteiger partial charge in [-0.2, -0.15) is 0 Å². The summed E-state index contributed by atoms with van der Waals surface area (Å²) in [7, 11) is 4.51. The molecule has 1 rings (SSSR count). The molecule has 1 aliphatic carbocycles. The van der Waals surface area contributed by atoms with Crippen LogP contribution in [0.4, 0.5) is 0 Å². The maximum Gasteiger partial charge on any atom is 0.305 e. The van der Waals surface area contributed by atoms with Crippen LogP contribution in [0.25, 0.3) is 0 Å². The molecule has 1 saturated carbocycles. The Morgan fingerprint density at radius 2 is 1.22 bits per heavy atom. The van der Waals surface area contributed by atoms with E-state index in [1.807, 2.05) is 6.92 Å². The standard InChI is InChI=1S/C33H65NO2/c1-5-7-8-9-10-11-12-13-14-15-16-17-19-23-26-31(29-34(3)4)32-28-30(32)25-22-20-18-21-24-27-33(35)36-6-2/h30-32H,5-29H2,1-4H3. The molecule has 0 aromatic rings. The summed E-state index contributed by atoms with van der Waals surface area (Å²) in [6, 6.07) is 0. The number of ether oxygens (including phenoxy) is 1. The fourth-order valence-corrected chi connectivity index (χ4v) is 6.13. The fraction of sp³-hybridized carbons (Fsp3) is 0.970. The lowest BCUT2D eigenvalue weighted by Crippen LogP contribution is -2.23. The average molecular weight is 508 g/mol. The third kappa shape index (κ3) is 19.5. The Morgan fingerprint density at radius 3 is 1.75 bits per heavy atom. The predicted octanol–water partition coefficient (Wildman–Crippen LogP) is 9.97. The van der Waals surface area contributed by atoms with E-state index in [1.54, 1.807) is 0 Å². The normalized spacial score (nSPS) is 18.0. The summed E-state index contributed by atoms with van der Waals surface area (Å²) in [6.07, 6.45) is 31.5. The molecule has 0 N–H and O–H groups in total. The highest BCUT2D eigenvalue weighted by atomic mass is 16.5. The molecule has 3 heteroatoms. The second-order valence-electron chi connectivity index (χ2n) is 12.2. The van der Waals surface area contributed by atoms with Gasteiger partial charge in [-0.05, 0) is 58.0 Å². The van der Waals surface area contributed by atoms with E-state index in [0.717, 1.165) is 24.2 Å². The molecule has 0 spiro atoms. The van der Waals surface area contributed by atoms with Crippen molar-refractivity contribution in [3.05, 3.63) is 0 Å². The van der Waals surface area contributed by atoms with Crippen LogP contribution in [-0.4, -0.2) is 38.1 Å². The second kappa shape index (κ2) is 23.5. The first-order valence-corrected chi connectivity index (χ1v) is 16.4. The number of hydrogen-bond donors (Lipinski definition) is 0. The number of carbonyl (C=O) groups excluding carboxylic acids is 1. The van der Waals surface area contributed by atoms with E-state index in [2.05, 4.69) is 25.9 Å². The molecule has 1 aliphatic rings. The molecule has 0 saturated heterocycles. The Bertz CT molecular complexity index is 492. The molecule has 0 aromatic heterocycles. The zero-order chi connectivity index (χ0) is 26.3. The number of esters is 1. The number of carbonyl (C=O) groups is 1. The Balaban J connectivity index is 1.98. The van der Waals surface area contributed by atoms with Crippen LogP contribution in [0.3, 0.4) is 0 Å². The lowest BCUT2D eigenvalue weighted by atomic mass is 9.93. The molecule has 0 aromatic carbocycles. The van der Waals surface area contributed by atoms with Gasteiger partial charge in [0.1, 0.15) is 0 Å². The SMILES string of the molecule is CCCCCCCCCCCCCCCCC(CN(C)C)C1CC1CCCCCCCC(=O)OCC. The molecule has 0 radical (unpaired) electrons. The maximum absolute atomic E-state index is 11.4. The summed E-state index contributed by atoms with van der Waals surface area (Å²) in [4.78, 5) is 13.8. The van der Waals surface area contributed by atoms with Gasteiger partial charge >= 0.3 is 5.97 Å². The molecule has 214 valence electrons. The van der Waals surface area contributed by atoms with E-state index < -0.39 is 0 Å². The van der Waals surface area contributed by atoms with E-state index in [-0.39, 0.29) is 5.97 Å². The first kappa shape index (κ1) is 33.5. The summed E-state index contributed by atoms with van der Waals surface area (Å²) in [6.45, 7) is 5.98. The number of rotatable bonds is 27. The molecule has 0 bridgehead atoms. The Hall–Kier alpha value is -0.570. The fourth-order valence-electron chi connectivity index (χ4n) is 6.13. The van der Waals surface area contributed by atoms with Gasteiger partial charge in [0.05, 0.1) is 6.61 Å². The van der Waals surface area contributed by atoms with Crippen molar-refractivity contribution in [3.63, 3.8) is 0 Å². The molecular formula is C33H65NO2. The molecule has 3 atom stereocenters. The first-order chi connectivity index (χ1) is 17.6. The minimum absolute atomic E-state index is 0.0240. The molecule has 3 nitrogen and oxygen atoms in total. The molecule has 0 amide bonds. The summed E-state index contributed by atoms with van der Waals surface area (Å²) in [5, 5.41) is 0. The molecule has 36 heavy (non-hydrogen) atoms. The zero-order valence-corrected chi connectivity index (χ0v) is 25.2. The van der Waals surface area contributed by atoms with Crippen LogP contribution in [0, 0.1) is 17.8 Å². The van der Waals surface area contributed by atoms with E-state index in [1.165, 1.54) is 141 Å². The topological polar surface area (TPSA) is 29.5 Å². The summed E-state index contributed by atoms with van der Waals surface area (Å²) >= 11 is 0. The van der Waals surface area contributed by atoms with Crippen LogP contribution >= 0.6 is 0 Å². The average Bonchev–Trinajstić information content (AvgIpc) is 3.62. The number of unbranched alkanes of at least 4 members (excludes halogenated alkanes) is 17. The lowest BCUT2D eigenvalue weighted by molar-refractivity contribution is -0.143. The predicted molar refractivity (Wildman–Crippen MR) is 158 cm³/mol. The summed E-state index contributed by atoms with van der Waals surface area (Å²) in [5.41, 5.74) is 0. The van der Waals surface area contributed by atoms with Crippen LogP contribution < -0.4 is 0 Å². The summed E-state index contributed by atoms with van der Waals surface area (Å²) in [5.74, 6) is 2.90. The molecule has 1 fully saturated rings. The highest BCUT2D eigenvalue weighted by molar-refractivity contribution is 5.69. The zero-order valence-electron chi connectivity index (χ0n) is 25.2. The highest BCUT2D eigenvalue weighted by Crippen LogP contribution is 2.49. The van der Waals surface area contributed by atoms with Crippen molar-refractivity contribution < 1.29 is 9.53 Å². The Kier molecular flexibility index (Phi) is 21.9. The van der Waals surface area contributed by atoms with E-state index in [9.17, 15) is 4.79 Å².